The van der Waals surface area contributed by atoms with Gasteiger partial charge in [-0.1, -0.05) is 365 Å². The minimum atomic E-state index is 0. The Labute approximate surface area is 534 Å². The zero-order chi connectivity index (χ0) is 66.4. The minimum Gasteiger partial charge on any atom is -0.269 e. The lowest BCUT2D eigenvalue weighted by Gasteiger charge is -2.19. The maximum atomic E-state index is 4.06. The maximum absolute atomic E-state index is 4.06. The van der Waals surface area contributed by atoms with E-state index in [-0.39, 0.29) is 14.9 Å². The molecule has 0 fully saturated rings. The van der Waals surface area contributed by atoms with Crippen LogP contribution in [0.2, 0.25) is 0 Å². The zero-order valence-electron chi connectivity index (χ0n) is 62.7. The molecule has 1 aliphatic carbocycles. The van der Waals surface area contributed by atoms with E-state index in [9.17, 15) is 0 Å². The monoisotopic (exact) mass is 1170 g/mol. The fraction of sp³-hybridized carbons (Fsp3) is 0.675. The summed E-state index contributed by atoms with van der Waals surface area (Å²) >= 11 is 0. The van der Waals surface area contributed by atoms with Crippen molar-refractivity contribution >= 4 is 11.8 Å². The highest BCUT2D eigenvalue weighted by Crippen LogP contribution is 2.36. The molecule has 0 amide bonds. The number of nitrogens with zero attached hydrogens (tertiary/aromatic N) is 1. The highest BCUT2D eigenvalue weighted by Gasteiger charge is 2.19. The van der Waals surface area contributed by atoms with Gasteiger partial charge in [0.2, 0.25) is 0 Å². The summed E-state index contributed by atoms with van der Waals surface area (Å²) < 4.78 is 0. The Morgan fingerprint density at radius 3 is 0.893 bits per heavy atom. The van der Waals surface area contributed by atoms with Crippen LogP contribution in [0.15, 0.2) is 132 Å². The predicted molar refractivity (Wildman–Crippen MR) is 403 cm³/mol. The number of fused-ring (bicyclic) bond motifs is 1. The molecule has 84 heavy (non-hydrogen) atoms. The molecule has 0 atom stereocenters. The average molecular weight is 1170 g/mol. The largest absolute Gasteiger partial charge is 0.269 e. The van der Waals surface area contributed by atoms with E-state index in [2.05, 4.69) is 303 Å². The summed E-state index contributed by atoms with van der Waals surface area (Å²) in [6.07, 6.45) is 18.0. The maximum Gasteiger partial charge on any atom is 0.0259 e. The van der Waals surface area contributed by atoms with Gasteiger partial charge in [-0.15, -0.1) is 13.2 Å². The van der Waals surface area contributed by atoms with Crippen LogP contribution in [0.25, 0.3) is 5.57 Å². The van der Waals surface area contributed by atoms with Gasteiger partial charge in [0.05, 0.1) is 0 Å². The SMILES string of the molecule is C.C.C=C(C)CC(C)(C)C.C=C(C)CC(C)(C)C.CC.CC.CC.CC.CC(C)(C)CC1=CCc2ccccc21.CC(C)(C)CC1=CN=CC1.CC(C)(C)Cc1ccccc1.CC(C)(C)Cc1ccccc1.CCC(C)(C)C.CCC(C)(C)C. The molecule has 0 spiro atoms. The summed E-state index contributed by atoms with van der Waals surface area (Å²) in [5, 5.41) is 0. The van der Waals surface area contributed by atoms with Gasteiger partial charge in [-0.3, -0.25) is 4.99 Å². The Balaban J connectivity index is -0.000000108. The van der Waals surface area contributed by atoms with Gasteiger partial charge in [-0.05, 0) is 136 Å². The lowest BCUT2D eigenvalue weighted by molar-refractivity contribution is 0.397. The number of rotatable bonds is 6. The van der Waals surface area contributed by atoms with Gasteiger partial charge in [0.1, 0.15) is 0 Å². The normalized spacial score (nSPS) is 11.9. The van der Waals surface area contributed by atoms with Gasteiger partial charge < -0.3 is 0 Å². The summed E-state index contributed by atoms with van der Waals surface area (Å²) in [6, 6.07) is 30.0. The molecule has 1 heteroatoms. The fourth-order valence-electron chi connectivity index (χ4n) is 7.50. The number of benzene rings is 3. The molecular weight excluding hydrogens is 1010 g/mol. The molecule has 3 aromatic carbocycles. The lowest BCUT2D eigenvalue weighted by atomic mass is 9.86. The highest BCUT2D eigenvalue weighted by atomic mass is 14.7. The van der Waals surface area contributed by atoms with Crippen LogP contribution >= 0.6 is 0 Å². The molecule has 2 aliphatic rings. The Hall–Kier alpha value is -3.71. The van der Waals surface area contributed by atoms with Crippen molar-refractivity contribution < 1.29 is 0 Å². The van der Waals surface area contributed by atoms with Gasteiger partial charge in [0, 0.05) is 18.8 Å². The Kier molecular flexibility index (Phi) is 62.0. The topological polar surface area (TPSA) is 12.4 Å². The molecule has 1 aliphatic heterocycles. The van der Waals surface area contributed by atoms with Crippen LogP contribution in [-0.2, 0) is 19.3 Å². The molecule has 0 N–H and O–H groups in total. The van der Waals surface area contributed by atoms with E-state index in [4.69, 9.17) is 0 Å². The van der Waals surface area contributed by atoms with Crippen molar-refractivity contribution in [1.29, 1.82) is 0 Å². The molecule has 0 unspecified atom stereocenters. The van der Waals surface area contributed by atoms with Crippen LogP contribution in [-0.4, -0.2) is 6.21 Å². The molecule has 0 saturated carbocycles. The second-order valence-corrected chi connectivity index (χ2v) is 31.1. The van der Waals surface area contributed by atoms with Crippen molar-refractivity contribution in [3.05, 3.63) is 149 Å². The van der Waals surface area contributed by atoms with Gasteiger partial charge in [-0.2, -0.15) is 0 Å². The van der Waals surface area contributed by atoms with E-state index in [0.29, 0.717) is 43.3 Å². The van der Waals surface area contributed by atoms with Crippen molar-refractivity contribution in [3.63, 3.8) is 0 Å². The minimum absolute atomic E-state index is 0. The van der Waals surface area contributed by atoms with Crippen LogP contribution in [0.5, 0.6) is 0 Å². The predicted octanol–water partition coefficient (Wildman–Crippen LogP) is 29.7. The van der Waals surface area contributed by atoms with Gasteiger partial charge in [0.25, 0.3) is 0 Å². The standard InChI is InChI=1S/C14H18.2C11H16.C9H15N.2C8H16.2C6H14.4C2H6.2CH4/c1-14(2,3)10-12-9-8-11-6-4-5-7-13(11)12;2*1-11(2,3)9-10-7-5-4-6-8-10;1-9(2,3)6-8-4-5-10-7-8;2*1-7(2)6-8(3,4)5;2*1-5-6(2,3)4;4*1-2;;/h4-7,9H,8,10H2,1-3H3;2*4-8H,9H2,1-3H3;5,7H,4,6H2,1-3H3;2*1,6H2,2-5H3;2*5H2,1-4H3;4*1-2H3;2*1H4. The van der Waals surface area contributed by atoms with E-state index < -0.39 is 0 Å². The van der Waals surface area contributed by atoms with E-state index >= 15 is 0 Å². The van der Waals surface area contributed by atoms with Crippen LogP contribution in [0.4, 0.5) is 0 Å². The van der Waals surface area contributed by atoms with Crippen LogP contribution in [0, 0.1) is 43.3 Å². The van der Waals surface area contributed by atoms with E-state index in [1.807, 2.05) is 67.8 Å². The average Bonchev–Trinajstić information content (AvgIpc) is 3.99. The molecule has 3 aromatic rings. The van der Waals surface area contributed by atoms with Crippen molar-refractivity contribution in [2.45, 2.75) is 328 Å². The van der Waals surface area contributed by atoms with E-state index in [0.717, 1.165) is 38.5 Å². The second-order valence-electron chi connectivity index (χ2n) is 31.1. The zero-order valence-corrected chi connectivity index (χ0v) is 62.7. The number of allylic oxidation sites excluding steroid dienone is 5. The highest BCUT2D eigenvalue weighted by molar-refractivity contribution is 5.73. The molecule has 0 radical (unpaired) electrons. The van der Waals surface area contributed by atoms with E-state index in [1.165, 1.54) is 70.2 Å². The molecule has 1 heterocycles. The quantitative estimate of drug-likeness (QED) is 0.218. The van der Waals surface area contributed by atoms with Gasteiger partial charge in [-0.25, -0.2) is 0 Å². The number of hydrogen-bond acceptors (Lipinski definition) is 1. The molecule has 494 valence electrons. The summed E-state index contributed by atoms with van der Waals surface area (Å²) in [6.45, 7) is 86.3. The third kappa shape index (κ3) is 82.5. The number of aliphatic imine (C=N–C) groups is 1. The first-order valence-corrected chi connectivity index (χ1v) is 32.6. The van der Waals surface area contributed by atoms with Crippen LogP contribution in [0.1, 0.15) is 331 Å². The first kappa shape index (κ1) is 99.3. The molecule has 0 bridgehead atoms. The van der Waals surface area contributed by atoms with Crippen molar-refractivity contribution in [2.24, 2.45) is 48.3 Å². The van der Waals surface area contributed by atoms with Crippen molar-refractivity contribution in [3.8, 4) is 0 Å². The Morgan fingerprint density at radius 1 is 0.381 bits per heavy atom. The van der Waals surface area contributed by atoms with Gasteiger partial charge >= 0.3 is 0 Å². The van der Waals surface area contributed by atoms with E-state index in [1.54, 1.807) is 0 Å². The molecule has 1 nitrogen and oxygen atoms in total. The summed E-state index contributed by atoms with van der Waals surface area (Å²) in [5.74, 6) is 0. The summed E-state index contributed by atoms with van der Waals surface area (Å²) in [4.78, 5) is 4.06. The Bertz CT molecular complexity index is 1920. The summed E-state index contributed by atoms with van der Waals surface area (Å²) in [7, 11) is 0. The van der Waals surface area contributed by atoms with Crippen molar-refractivity contribution in [2.75, 3.05) is 0 Å². The molecule has 5 rings (SSSR count). The second kappa shape index (κ2) is 52.4. The first-order valence-electron chi connectivity index (χ1n) is 32.6. The third-order valence-corrected chi connectivity index (χ3v) is 11.1. The molecular formula is C83H157N. The molecule has 0 aromatic heterocycles. The van der Waals surface area contributed by atoms with Crippen molar-refractivity contribution in [1.82, 2.24) is 0 Å². The smallest absolute Gasteiger partial charge is 0.0259 e. The van der Waals surface area contributed by atoms with Gasteiger partial charge in [0.15, 0.2) is 0 Å². The lowest BCUT2D eigenvalue weighted by Crippen LogP contribution is -2.08. The third-order valence-electron chi connectivity index (χ3n) is 11.1. The van der Waals surface area contributed by atoms with Crippen LogP contribution < -0.4 is 0 Å². The fourth-order valence-corrected chi connectivity index (χ4v) is 7.50. The Morgan fingerprint density at radius 2 is 0.667 bits per heavy atom. The van der Waals surface area contributed by atoms with Crippen LogP contribution in [0.3, 0.4) is 0 Å². The molecule has 0 saturated heterocycles. The number of hydrogen-bond donors (Lipinski definition) is 0. The summed E-state index contributed by atoms with van der Waals surface area (Å²) in [5.41, 5.74) is 14.9. The first-order chi connectivity index (χ1) is 37.3.